The van der Waals surface area contributed by atoms with Gasteiger partial charge in [-0.1, -0.05) is 37.3 Å². The van der Waals surface area contributed by atoms with Crippen molar-refractivity contribution >= 4 is 23.1 Å². The fourth-order valence-electron chi connectivity index (χ4n) is 4.29. The maximum absolute atomic E-state index is 13.2. The van der Waals surface area contributed by atoms with Crippen LogP contribution in [0.4, 0.5) is 5.69 Å². The van der Waals surface area contributed by atoms with Crippen molar-refractivity contribution in [2.24, 2.45) is 4.99 Å². The first-order valence-electron chi connectivity index (χ1n) is 11.6. The second-order valence-corrected chi connectivity index (χ2v) is 9.26. The molecule has 5 nitrogen and oxygen atoms in total. The molecule has 5 heteroatoms. The molecule has 0 radical (unpaired) electrons. The summed E-state index contributed by atoms with van der Waals surface area (Å²) in [7, 11) is 1.63. The zero-order chi connectivity index (χ0) is 24.3. The first kappa shape index (κ1) is 23.4. The van der Waals surface area contributed by atoms with Gasteiger partial charge >= 0.3 is 0 Å². The Kier molecular flexibility index (Phi) is 6.64. The SMILES string of the molecule is CCc1ccc(C(=O)Nc2cccc(C(=O)CC3=NC(C)(C)Cc4ccc(OC)cc43)c2)cc1. The van der Waals surface area contributed by atoms with Gasteiger partial charge in [0.2, 0.25) is 0 Å². The van der Waals surface area contributed by atoms with E-state index in [1.165, 1.54) is 11.1 Å². The van der Waals surface area contributed by atoms with Gasteiger partial charge in [-0.3, -0.25) is 14.6 Å². The fourth-order valence-corrected chi connectivity index (χ4v) is 4.29. The second-order valence-electron chi connectivity index (χ2n) is 9.26. The van der Waals surface area contributed by atoms with Gasteiger partial charge in [-0.05, 0) is 74.2 Å². The van der Waals surface area contributed by atoms with E-state index in [0.29, 0.717) is 16.8 Å². The van der Waals surface area contributed by atoms with Crippen LogP contribution in [0.15, 0.2) is 71.7 Å². The second kappa shape index (κ2) is 9.64. The number of carbonyl (C=O) groups is 2. The van der Waals surface area contributed by atoms with Crippen LogP contribution in [0.1, 0.15) is 64.6 Å². The molecule has 0 fully saturated rings. The molecule has 1 heterocycles. The average Bonchev–Trinajstić information content (AvgIpc) is 2.83. The maximum atomic E-state index is 13.2. The number of fused-ring (bicyclic) bond motifs is 1. The molecule has 0 aromatic heterocycles. The smallest absolute Gasteiger partial charge is 0.255 e. The molecule has 1 aliphatic heterocycles. The van der Waals surface area contributed by atoms with E-state index in [-0.39, 0.29) is 23.7 Å². The van der Waals surface area contributed by atoms with Gasteiger partial charge in [-0.25, -0.2) is 0 Å². The van der Waals surface area contributed by atoms with Crippen LogP contribution in [0, 0.1) is 0 Å². The zero-order valence-corrected chi connectivity index (χ0v) is 20.1. The number of methoxy groups -OCH3 is 1. The number of ketones is 1. The topological polar surface area (TPSA) is 67.8 Å². The number of amides is 1. The number of nitrogens with zero attached hydrogens (tertiary/aromatic N) is 1. The van der Waals surface area contributed by atoms with Gasteiger partial charge in [-0.2, -0.15) is 0 Å². The summed E-state index contributed by atoms with van der Waals surface area (Å²) in [5, 5.41) is 2.90. The molecule has 0 saturated carbocycles. The number of hydrogen-bond donors (Lipinski definition) is 1. The highest BCUT2D eigenvalue weighted by atomic mass is 16.5. The van der Waals surface area contributed by atoms with Crippen LogP contribution in [0.2, 0.25) is 0 Å². The van der Waals surface area contributed by atoms with Crippen LogP contribution >= 0.6 is 0 Å². The highest BCUT2D eigenvalue weighted by Gasteiger charge is 2.28. The van der Waals surface area contributed by atoms with Gasteiger partial charge < -0.3 is 10.1 Å². The summed E-state index contributed by atoms with van der Waals surface area (Å²) in [6.07, 6.45) is 1.91. The Hall–Kier alpha value is -3.73. The van der Waals surface area contributed by atoms with Crippen LogP contribution in [0.25, 0.3) is 0 Å². The van der Waals surface area contributed by atoms with Crippen LogP contribution < -0.4 is 10.1 Å². The summed E-state index contributed by atoms with van der Waals surface area (Å²) < 4.78 is 5.39. The standard InChI is InChI=1S/C29H30N2O3/c1-5-19-9-11-20(12-10-19)28(33)30-23-8-6-7-21(15-23)27(32)17-26-25-16-24(34-4)14-13-22(25)18-29(2,3)31-26/h6-16H,5,17-18H2,1-4H3,(H,30,33). The molecule has 0 spiro atoms. The minimum Gasteiger partial charge on any atom is -0.497 e. The quantitative estimate of drug-likeness (QED) is 0.452. The highest BCUT2D eigenvalue weighted by Crippen LogP contribution is 2.31. The first-order valence-corrected chi connectivity index (χ1v) is 11.6. The number of rotatable bonds is 7. The van der Waals surface area contributed by atoms with Gasteiger partial charge in [0.1, 0.15) is 5.75 Å². The lowest BCUT2D eigenvalue weighted by Crippen LogP contribution is -2.30. The van der Waals surface area contributed by atoms with Crippen molar-refractivity contribution in [3.05, 3.63) is 94.5 Å². The molecule has 3 aromatic rings. The van der Waals surface area contributed by atoms with E-state index in [2.05, 4.69) is 32.2 Å². The Morgan fingerprint density at radius 3 is 2.47 bits per heavy atom. The van der Waals surface area contributed by atoms with Crippen molar-refractivity contribution in [1.82, 2.24) is 0 Å². The Bertz CT molecular complexity index is 1260. The Balaban J connectivity index is 1.53. The van der Waals surface area contributed by atoms with Crippen molar-refractivity contribution < 1.29 is 14.3 Å². The van der Waals surface area contributed by atoms with Crippen molar-refractivity contribution in [3.8, 4) is 5.75 Å². The summed E-state index contributed by atoms with van der Waals surface area (Å²) >= 11 is 0. The molecular weight excluding hydrogens is 424 g/mol. The number of Topliss-reactive ketones (excluding diaryl/α,β-unsaturated/α-hetero) is 1. The van der Waals surface area contributed by atoms with E-state index in [1.807, 2.05) is 36.4 Å². The van der Waals surface area contributed by atoms with Crippen LogP contribution in [-0.4, -0.2) is 30.1 Å². The molecule has 4 rings (SSSR count). The number of carbonyl (C=O) groups excluding carboxylic acids is 2. The lowest BCUT2D eigenvalue weighted by atomic mass is 9.85. The molecule has 0 unspecified atom stereocenters. The Morgan fingerprint density at radius 2 is 1.76 bits per heavy atom. The van der Waals surface area contributed by atoms with Crippen molar-refractivity contribution in [2.45, 2.75) is 45.6 Å². The maximum Gasteiger partial charge on any atom is 0.255 e. The number of aryl methyl sites for hydroxylation is 1. The predicted octanol–water partition coefficient (Wildman–Crippen LogP) is 5.91. The highest BCUT2D eigenvalue weighted by molar-refractivity contribution is 6.17. The van der Waals surface area contributed by atoms with Gasteiger partial charge in [0.15, 0.2) is 5.78 Å². The Morgan fingerprint density at radius 1 is 1.00 bits per heavy atom. The minimum absolute atomic E-state index is 0.0476. The molecular formula is C29H30N2O3. The van der Waals surface area contributed by atoms with Crippen molar-refractivity contribution in [2.75, 3.05) is 12.4 Å². The van der Waals surface area contributed by atoms with E-state index in [4.69, 9.17) is 9.73 Å². The van der Waals surface area contributed by atoms with E-state index in [9.17, 15) is 9.59 Å². The lowest BCUT2D eigenvalue weighted by molar-refractivity contribution is 0.0996. The molecule has 34 heavy (non-hydrogen) atoms. The summed E-state index contributed by atoms with van der Waals surface area (Å²) in [5.74, 6) is 0.496. The molecule has 0 aliphatic carbocycles. The number of benzene rings is 3. The number of anilines is 1. The molecule has 1 aliphatic rings. The van der Waals surface area contributed by atoms with Crippen LogP contribution in [-0.2, 0) is 12.8 Å². The van der Waals surface area contributed by atoms with Crippen molar-refractivity contribution in [3.63, 3.8) is 0 Å². The van der Waals surface area contributed by atoms with E-state index < -0.39 is 0 Å². The van der Waals surface area contributed by atoms with Gasteiger partial charge in [-0.15, -0.1) is 0 Å². The summed E-state index contributed by atoms with van der Waals surface area (Å²) in [5.41, 5.74) is 5.50. The lowest BCUT2D eigenvalue weighted by Gasteiger charge is -2.29. The summed E-state index contributed by atoms with van der Waals surface area (Å²) in [6, 6.07) is 20.6. The van der Waals surface area contributed by atoms with Gasteiger partial charge in [0, 0.05) is 22.4 Å². The molecule has 0 saturated heterocycles. The van der Waals surface area contributed by atoms with E-state index in [0.717, 1.165) is 29.9 Å². The summed E-state index contributed by atoms with van der Waals surface area (Å²) in [6.45, 7) is 6.23. The fraction of sp³-hybridized carbons (Fsp3) is 0.276. The molecule has 174 valence electrons. The normalized spacial score (nSPS) is 14.1. The molecule has 3 aromatic carbocycles. The Labute approximate surface area is 200 Å². The third kappa shape index (κ3) is 5.25. The van der Waals surface area contributed by atoms with Gasteiger partial charge in [0.25, 0.3) is 5.91 Å². The monoisotopic (exact) mass is 454 g/mol. The third-order valence-electron chi connectivity index (χ3n) is 6.08. The average molecular weight is 455 g/mol. The molecule has 0 bridgehead atoms. The molecule has 1 amide bonds. The van der Waals surface area contributed by atoms with Crippen molar-refractivity contribution in [1.29, 1.82) is 0 Å². The van der Waals surface area contributed by atoms with E-state index >= 15 is 0 Å². The number of ether oxygens (including phenoxy) is 1. The molecule has 0 atom stereocenters. The van der Waals surface area contributed by atoms with E-state index in [1.54, 1.807) is 31.4 Å². The number of nitrogens with one attached hydrogen (secondary N) is 1. The number of aliphatic imine (C=N–C) groups is 1. The minimum atomic E-state index is -0.277. The van der Waals surface area contributed by atoms with Gasteiger partial charge in [0.05, 0.1) is 24.8 Å². The molecule has 1 N–H and O–H groups in total. The largest absolute Gasteiger partial charge is 0.497 e. The predicted molar refractivity (Wildman–Crippen MR) is 136 cm³/mol. The number of hydrogen-bond acceptors (Lipinski definition) is 4. The summed E-state index contributed by atoms with van der Waals surface area (Å²) in [4.78, 5) is 30.8. The zero-order valence-electron chi connectivity index (χ0n) is 20.1. The first-order chi connectivity index (χ1) is 16.3. The third-order valence-corrected chi connectivity index (χ3v) is 6.08. The van der Waals surface area contributed by atoms with Crippen LogP contribution in [0.3, 0.4) is 0 Å². The van der Waals surface area contributed by atoms with Crippen LogP contribution in [0.5, 0.6) is 5.75 Å².